The summed E-state index contributed by atoms with van der Waals surface area (Å²) < 4.78 is 11.0. The topological polar surface area (TPSA) is 76.1 Å². The van der Waals surface area contributed by atoms with Crippen molar-refractivity contribution in [2.75, 3.05) is 20.3 Å². The molecular weight excluding hydrogens is 478 g/mol. The van der Waals surface area contributed by atoms with E-state index in [0.717, 1.165) is 11.1 Å². The third kappa shape index (κ3) is 5.61. The first-order valence-corrected chi connectivity index (χ1v) is 12.1. The summed E-state index contributed by atoms with van der Waals surface area (Å²) in [7, 11) is 1.58. The first-order valence-electron chi connectivity index (χ1n) is 11.7. The first kappa shape index (κ1) is 25.5. The van der Waals surface area contributed by atoms with Crippen LogP contribution in [0.5, 0.6) is 5.75 Å². The number of halogens is 1. The van der Waals surface area contributed by atoms with E-state index in [0.29, 0.717) is 48.1 Å². The van der Waals surface area contributed by atoms with E-state index in [4.69, 9.17) is 21.1 Å². The van der Waals surface area contributed by atoms with Gasteiger partial charge in [-0.2, -0.15) is 0 Å². The molecular formula is C29H28ClNO5. The van der Waals surface area contributed by atoms with Crippen LogP contribution in [0.2, 0.25) is 5.02 Å². The molecule has 7 heteroatoms. The minimum atomic E-state index is -0.726. The van der Waals surface area contributed by atoms with Crippen molar-refractivity contribution in [1.29, 1.82) is 0 Å². The highest BCUT2D eigenvalue weighted by molar-refractivity contribution is 6.46. The van der Waals surface area contributed by atoms with Gasteiger partial charge in [0.05, 0.1) is 11.6 Å². The molecule has 4 rings (SSSR count). The van der Waals surface area contributed by atoms with Crippen LogP contribution in [0.3, 0.4) is 0 Å². The lowest BCUT2D eigenvalue weighted by Crippen LogP contribution is -2.31. The van der Waals surface area contributed by atoms with Gasteiger partial charge in [-0.1, -0.05) is 53.6 Å². The maximum Gasteiger partial charge on any atom is 0.295 e. The van der Waals surface area contributed by atoms with Crippen LogP contribution in [0, 0.1) is 6.92 Å². The Morgan fingerprint density at radius 3 is 2.42 bits per heavy atom. The molecule has 0 spiro atoms. The van der Waals surface area contributed by atoms with E-state index in [1.807, 2.05) is 25.1 Å². The van der Waals surface area contributed by atoms with Crippen molar-refractivity contribution in [2.24, 2.45) is 0 Å². The van der Waals surface area contributed by atoms with E-state index in [2.05, 4.69) is 6.07 Å². The summed E-state index contributed by atoms with van der Waals surface area (Å²) in [4.78, 5) is 27.5. The van der Waals surface area contributed by atoms with E-state index in [1.165, 1.54) is 4.90 Å². The molecule has 1 N–H and O–H groups in total. The highest BCUT2D eigenvalue weighted by Gasteiger charge is 2.45. The number of ketones is 1. The molecule has 1 amide bonds. The predicted molar refractivity (Wildman–Crippen MR) is 139 cm³/mol. The van der Waals surface area contributed by atoms with Crippen LogP contribution in [0.1, 0.15) is 34.7 Å². The molecule has 1 aliphatic heterocycles. The van der Waals surface area contributed by atoms with Gasteiger partial charge in [-0.3, -0.25) is 9.59 Å². The van der Waals surface area contributed by atoms with E-state index < -0.39 is 17.7 Å². The van der Waals surface area contributed by atoms with Gasteiger partial charge in [-0.25, -0.2) is 0 Å². The van der Waals surface area contributed by atoms with Crippen LogP contribution in [-0.4, -0.2) is 42.0 Å². The van der Waals surface area contributed by atoms with Crippen molar-refractivity contribution < 1.29 is 24.2 Å². The highest BCUT2D eigenvalue weighted by Crippen LogP contribution is 2.40. The zero-order chi connectivity index (χ0) is 25.7. The lowest BCUT2D eigenvalue weighted by Gasteiger charge is -2.25. The number of nitrogens with zero attached hydrogens (tertiary/aromatic N) is 1. The third-order valence-corrected chi connectivity index (χ3v) is 6.34. The molecule has 1 atom stereocenters. The number of benzene rings is 3. The number of hydrogen-bond donors (Lipinski definition) is 1. The lowest BCUT2D eigenvalue weighted by atomic mass is 9.95. The molecule has 0 bridgehead atoms. The number of carbonyl (C=O) groups is 2. The van der Waals surface area contributed by atoms with E-state index in [9.17, 15) is 14.7 Å². The van der Waals surface area contributed by atoms with Crippen LogP contribution < -0.4 is 4.74 Å². The smallest absolute Gasteiger partial charge is 0.295 e. The van der Waals surface area contributed by atoms with Gasteiger partial charge in [-0.05, 0) is 60.9 Å². The van der Waals surface area contributed by atoms with Crippen molar-refractivity contribution in [3.8, 4) is 5.75 Å². The molecule has 1 heterocycles. The molecule has 6 nitrogen and oxygen atoms in total. The number of aryl methyl sites for hydroxylation is 1. The Kier molecular flexibility index (Phi) is 8.08. The number of amides is 1. The van der Waals surface area contributed by atoms with Gasteiger partial charge in [0.25, 0.3) is 11.7 Å². The fourth-order valence-corrected chi connectivity index (χ4v) is 4.44. The fraction of sp³-hybridized carbons (Fsp3) is 0.241. The summed E-state index contributed by atoms with van der Waals surface area (Å²) in [6, 6.07) is 21.1. The summed E-state index contributed by atoms with van der Waals surface area (Å²) in [5.74, 6) is -0.967. The number of Topliss-reactive ketones (excluding diaryl/α,β-unsaturated/α-hetero) is 1. The lowest BCUT2D eigenvalue weighted by molar-refractivity contribution is -0.140. The number of hydrogen-bond acceptors (Lipinski definition) is 5. The number of carbonyl (C=O) groups excluding carboxylic acids is 2. The van der Waals surface area contributed by atoms with Gasteiger partial charge >= 0.3 is 0 Å². The van der Waals surface area contributed by atoms with Crippen molar-refractivity contribution in [1.82, 2.24) is 4.90 Å². The quantitative estimate of drug-likeness (QED) is 0.175. The first-order chi connectivity index (χ1) is 17.4. The highest BCUT2D eigenvalue weighted by atomic mass is 35.5. The average molecular weight is 506 g/mol. The average Bonchev–Trinajstić information content (AvgIpc) is 3.13. The monoisotopic (exact) mass is 505 g/mol. The Morgan fingerprint density at radius 2 is 1.75 bits per heavy atom. The SMILES string of the molecule is COCCCN1C(=O)C(=O)C(=C(O)c2ccc(OCc3cccc(C)c3)cc2)[C@H]1c1ccc(Cl)cc1. The maximum absolute atomic E-state index is 13.1. The van der Waals surface area contributed by atoms with E-state index >= 15 is 0 Å². The van der Waals surface area contributed by atoms with Gasteiger partial charge in [0.2, 0.25) is 0 Å². The Morgan fingerprint density at radius 1 is 1.03 bits per heavy atom. The van der Waals surface area contributed by atoms with Crippen molar-refractivity contribution >= 4 is 29.1 Å². The molecule has 1 saturated heterocycles. The van der Waals surface area contributed by atoms with Crippen LogP contribution in [0.25, 0.3) is 5.76 Å². The largest absolute Gasteiger partial charge is 0.507 e. The predicted octanol–water partition coefficient (Wildman–Crippen LogP) is 5.69. The second-order valence-corrected chi connectivity index (χ2v) is 9.13. The number of methoxy groups -OCH3 is 1. The van der Waals surface area contributed by atoms with Gasteiger partial charge in [0, 0.05) is 30.8 Å². The third-order valence-electron chi connectivity index (χ3n) is 6.09. The fourth-order valence-electron chi connectivity index (χ4n) is 4.31. The van der Waals surface area contributed by atoms with Crippen molar-refractivity contribution in [3.63, 3.8) is 0 Å². The maximum atomic E-state index is 13.1. The molecule has 186 valence electrons. The van der Waals surface area contributed by atoms with Gasteiger partial charge in [0.15, 0.2) is 0 Å². The van der Waals surface area contributed by atoms with Gasteiger partial charge < -0.3 is 19.5 Å². The minimum Gasteiger partial charge on any atom is -0.507 e. The van der Waals surface area contributed by atoms with Gasteiger partial charge in [-0.15, -0.1) is 0 Å². The molecule has 1 fully saturated rings. The van der Waals surface area contributed by atoms with Crippen LogP contribution in [0.4, 0.5) is 0 Å². The summed E-state index contributed by atoms with van der Waals surface area (Å²) in [6.45, 7) is 3.20. The Labute approximate surface area is 215 Å². The Balaban J connectivity index is 1.62. The number of likely N-dealkylation sites (tertiary alicyclic amines) is 1. The van der Waals surface area contributed by atoms with E-state index in [-0.39, 0.29) is 11.3 Å². The van der Waals surface area contributed by atoms with Crippen LogP contribution >= 0.6 is 11.6 Å². The van der Waals surface area contributed by atoms with Crippen LogP contribution in [0.15, 0.2) is 78.4 Å². The minimum absolute atomic E-state index is 0.0492. The second-order valence-electron chi connectivity index (χ2n) is 8.69. The molecule has 3 aromatic carbocycles. The molecule has 0 aliphatic carbocycles. The summed E-state index contributed by atoms with van der Waals surface area (Å²) in [5.41, 5.74) is 3.37. The Bertz CT molecular complexity index is 1270. The number of aliphatic hydroxyl groups is 1. The van der Waals surface area contributed by atoms with Gasteiger partial charge in [0.1, 0.15) is 18.1 Å². The van der Waals surface area contributed by atoms with Crippen molar-refractivity contribution in [2.45, 2.75) is 26.0 Å². The molecule has 0 unspecified atom stereocenters. The van der Waals surface area contributed by atoms with Crippen molar-refractivity contribution in [3.05, 3.63) is 106 Å². The second kappa shape index (κ2) is 11.4. The molecule has 0 radical (unpaired) electrons. The molecule has 36 heavy (non-hydrogen) atoms. The van der Waals surface area contributed by atoms with E-state index in [1.54, 1.807) is 55.6 Å². The Hall–Kier alpha value is -3.61. The summed E-state index contributed by atoms with van der Waals surface area (Å²) in [6.07, 6.45) is 0.556. The molecule has 0 aromatic heterocycles. The molecule has 0 saturated carbocycles. The van der Waals surface area contributed by atoms with Crippen LogP contribution in [-0.2, 0) is 20.9 Å². The zero-order valence-electron chi connectivity index (χ0n) is 20.2. The number of ether oxygens (including phenoxy) is 2. The molecule has 1 aliphatic rings. The number of rotatable bonds is 9. The summed E-state index contributed by atoms with van der Waals surface area (Å²) in [5, 5.41) is 11.7. The number of aliphatic hydroxyl groups excluding tert-OH is 1. The standard InChI is InChI=1S/C29H28ClNO5/c1-19-5-3-6-20(17-19)18-36-24-13-9-22(10-14-24)27(32)25-26(21-7-11-23(30)12-8-21)31(15-4-16-35-2)29(34)28(25)33/h3,5-14,17,26,32H,4,15-16,18H2,1-2H3/t26-/m1/s1. The normalized spacial score (nSPS) is 17.0. The zero-order valence-corrected chi connectivity index (χ0v) is 21.0. The summed E-state index contributed by atoms with van der Waals surface area (Å²) >= 11 is 6.06. The molecule has 3 aromatic rings.